The van der Waals surface area contributed by atoms with Crippen LogP contribution in [0.25, 0.3) is 6.08 Å². The van der Waals surface area contributed by atoms with Crippen LogP contribution in [0.2, 0.25) is 0 Å². The van der Waals surface area contributed by atoms with Crippen molar-refractivity contribution in [2.45, 2.75) is 164 Å². The topological polar surface area (TPSA) is 300 Å². The van der Waals surface area contributed by atoms with E-state index in [1.54, 1.807) is 69.3 Å². The van der Waals surface area contributed by atoms with Crippen molar-refractivity contribution in [1.82, 2.24) is 36.8 Å². The average Bonchev–Trinajstić information content (AvgIpc) is 1.44. The lowest BCUT2D eigenvalue weighted by molar-refractivity contribution is -0.141. The molecule has 0 saturated carbocycles. The number of carbonyl (C=O) groups is 9. The molecular formula is C68H94N10O11. The molecule has 10 N–H and O–H groups in total. The molecular weight excluding hydrogens is 1130 g/mol. The zero-order valence-corrected chi connectivity index (χ0v) is 54.0. The van der Waals surface area contributed by atoms with E-state index in [0.717, 1.165) is 34.2 Å². The number of nitrogens with zero attached hydrogens (tertiary/aromatic N) is 2. The predicted molar refractivity (Wildman–Crippen MR) is 347 cm³/mol. The minimum Gasteiger partial charge on any atom is -0.478 e. The molecule has 9 amide bonds. The largest absolute Gasteiger partial charge is 0.478 e. The summed E-state index contributed by atoms with van der Waals surface area (Å²) in [6, 6.07) is 24.0. The van der Waals surface area contributed by atoms with Gasteiger partial charge in [0, 0.05) is 49.7 Å². The van der Waals surface area contributed by atoms with Crippen molar-refractivity contribution in [1.29, 1.82) is 0 Å². The fourth-order valence-corrected chi connectivity index (χ4v) is 10.3. The van der Waals surface area contributed by atoms with E-state index in [1.807, 2.05) is 128 Å². The number of anilines is 2. The number of urea groups is 1. The third-order valence-electron chi connectivity index (χ3n) is 15.6. The lowest BCUT2D eigenvalue weighted by Crippen LogP contribution is -2.61. The number of primary amides is 1. The van der Waals surface area contributed by atoms with Crippen molar-refractivity contribution in [3.05, 3.63) is 149 Å². The van der Waals surface area contributed by atoms with E-state index >= 15 is 0 Å². The summed E-state index contributed by atoms with van der Waals surface area (Å²) < 4.78 is 5.49. The van der Waals surface area contributed by atoms with Gasteiger partial charge in [-0.1, -0.05) is 167 Å². The number of carboxylic acids is 1. The number of likely N-dealkylation sites (N-methyl/N-ethyl adjacent to an activating group) is 2. The van der Waals surface area contributed by atoms with Crippen LogP contribution in [0.3, 0.4) is 0 Å². The van der Waals surface area contributed by atoms with Gasteiger partial charge in [0.2, 0.25) is 35.4 Å². The predicted octanol–water partition coefficient (Wildman–Crippen LogP) is 8.26. The van der Waals surface area contributed by atoms with Gasteiger partial charge in [0.05, 0.1) is 24.3 Å². The summed E-state index contributed by atoms with van der Waals surface area (Å²) in [5, 5.41) is 29.3. The molecule has 482 valence electrons. The van der Waals surface area contributed by atoms with Gasteiger partial charge in [0.15, 0.2) is 0 Å². The Labute approximate surface area is 524 Å². The van der Waals surface area contributed by atoms with Crippen LogP contribution >= 0.6 is 0 Å². The molecule has 89 heavy (non-hydrogen) atoms. The molecule has 0 aliphatic heterocycles. The molecule has 1 unspecified atom stereocenters. The molecule has 4 aromatic carbocycles. The number of carboxylic acid groups (broad SMARTS) is 1. The smallest absolute Gasteiger partial charge is 0.407 e. The second-order valence-electron chi connectivity index (χ2n) is 24.6. The maximum atomic E-state index is 14.1. The Balaban J connectivity index is 1.35. The minimum atomic E-state index is -1.11. The Kier molecular flexibility index (Phi) is 27.8. The Bertz CT molecular complexity index is 3130. The molecule has 0 spiro atoms. The first-order valence-corrected chi connectivity index (χ1v) is 30.2. The Hall–Kier alpha value is -8.85. The van der Waals surface area contributed by atoms with Crippen LogP contribution in [0.4, 0.5) is 21.0 Å². The number of nitrogens with two attached hydrogens (primary N) is 1. The highest BCUT2D eigenvalue weighted by Gasteiger charge is 2.42. The standard InChI is InChI=1S/C68H94N10O11/c1-15-47-22-17-18-24-49(47)40-78(53-26-20-19-23-48(53)16-2)56(80)36-35-55(79)75-57(43(5)6)61(82)74-52(25-21-37-71-65(69)87)60(81)73-51-33-29-46(30-34-51)41-89-66(88)72-39-45-27-31-50(32-28-45)68(11,12)58(70-13)62(83)76-59(67(8,9)10)63(84)77(14)54(42(3)4)38-44(7)64(85)86/h16-20,22-24,26-34,38,42-43,52,54,57-59,70H,2,15,21,25,35-37,39-41H2,1,3-14H3,(H,72,88)(H,73,81)(H,74,82)(H,75,79)(H,76,83)(H,85,86)(H3,69,71,87)/b44-38+/t52-,54+,57-,58?,59+/m0/s1. The lowest BCUT2D eigenvalue weighted by atomic mass is 9.76. The molecule has 0 aromatic heterocycles. The molecule has 4 rings (SSSR count). The van der Waals surface area contributed by atoms with Gasteiger partial charge in [-0.15, -0.1) is 0 Å². The first-order chi connectivity index (χ1) is 41.9. The maximum Gasteiger partial charge on any atom is 0.407 e. The van der Waals surface area contributed by atoms with Crippen LogP contribution in [0.1, 0.15) is 135 Å². The van der Waals surface area contributed by atoms with Gasteiger partial charge < -0.3 is 62.6 Å². The van der Waals surface area contributed by atoms with E-state index in [1.165, 1.54) is 11.8 Å². The number of ether oxygens (including phenoxy) is 1. The van der Waals surface area contributed by atoms with Gasteiger partial charge in [0.1, 0.15) is 24.7 Å². The number of aliphatic carboxylic acids is 1. The molecule has 0 aliphatic rings. The SMILES string of the molecule is C=Cc1ccccc1N(Cc1ccccc1CC)C(=O)CCC(=O)N[C@H](C(=O)N[C@@H](CCCNC(N)=O)C(=O)Nc1ccc(COC(=O)NCc2ccc(C(C)(C)C(NC)C(=O)N[C@H](C(=O)N(C)[C@H](/C=C(\C)C(=O)O)C(C)C)C(C)(C)C)cc2)cc1)C(C)C. The van der Waals surface area contributed by atoms with E-state index in [4.69, 9.17) is 10.5 Å². The zero-order valence-electron chi connectivity index (χ0n) is 54.0. The minimum absolute atomic E-state index is 0.0902. The molecule has 4 aromatic rings. The number of rotatable bonds is 32. The van der Waals surface area contributed by atoms with Crippen LogP contribution < -0.4 is 47.9 Å². The van der Waals surface area contributed by atoms with E-state index in [9.17, 15) is 48.3 Å². The summed E-state index contributed by atoms with van der Waals surface area (Å²) in [6.45, 7) is 24.6. The maximum absolute atomic E-state index is 14.1. The Morgan fingerprint density at radius 2 is 1.35 bits per heavy atom. The lowest BCUT2D eigenvalue weighted by Gasteiger charge is -2.40. The third-order valence-corrected chi connectivity index (χ3v) is 15.6. The highest BCUT2D eigenvalue weighted by Crippen LogP contribution is 2.31. The summed E-state index contributed by atoms with van der Waals surface area (Å²) in [5.41, 5.74) is 9.90. The van der Waals surface area contributed by atoms with Crippen LogP contribution in [0, 0.1) is 17.3 Å². The van der Waals surface area contributed by atoms with E-state index < -0.39 is 88.7 Å². The van der Waals surface area contributed by atoms with Crippen molar-refractivity contribution in [3.8, 4) is 0 Å². The second-order valence-corrected chi connectivity index (χ2v) is 24.6. The zero-order chi connectivity index (χ0) is 66.3. The van der Waals surface area contributed by atoms with Crippen LogP contribution in [-0.4, -0.2) is 114 Å². The molecule has 0 aliphatic carbocycles. The molecule has 21 nitrogen and oxygen atoms in total. The van der Waals surface area contributed by atoms with Gasteiger partial charge in [-0.05, 0) is 102 Å². The monoisotopic (exact) mass is 1230 g/mol. The van der Waals surface area contributed by atoms with Gasteiger partial charge >= 0.3 is 18.1 Å². The number of para-hydroxylation sites is 1. The molecule has 5 atom stereocenters. The number of aryl methyl sites for hydroxylation is 1. The van der Waals surface area contributed by atoms with Crippen LogP contribution in [0.5, 0.6) is 0 Å². The van der Waals surface area contributed by atoms with Crippen molar-refractivity contribution in [3.63, 3.8) is 0 Å². The van der Waals surface area contributed by atoms with Gasteiger partial charge in [-0.25, -0.2) is 14.4 Å². The highest BCUT2D eigenvalue weighted by molar-refractivity contribution is 6.00. The van der Waals surface area contributed by atoms with E-state index in [0.29, 0.717) is 16.9 Å². The van der Waals surface area contributed by atoms with Gasteiger partial charge in [-0.3, -0.25) is 28.8 Å². The quantitative estimate of drug-likeness (QED) is 0.0165. The third kappa shape index (κ3) is 21.8. The normalized spacial score (nSPS) is 13.4. The number of amides is 9. The number of alkyl carbamates (subject to hydrolysis) is 1. The number of hydrogen-bond donors (Lipinski definition) is 9. The van der Waals surface area contributed by atoms with Crippen molar-refractivity contribution in [2.75, 3.05) is 30.9 Å². The molecule has 21 heteroatoms. The number of benzene rings is 4. The molecule has 0 bridgehead atoms. The number of hydrogen-bond acceptors (Lipinski definition) is 11. The highest BCUT2D eigenvalue weighted by atomic mass is 16.5. The van der Waals surface area contributed by atoms with Crippen LogP contribution in [0.15, 0.2) is 115 Å². The van der Waals surface area contributed by atoms with Gasteiger partial charge in [0.25, 0.3) is 0 Å². The molecule has 0 heterocycles. The number of nitrogens with one attached hydrogen (secondary N) is 7. The summed E-state index contributed by atoms with van der Waals surface area (Å²) in [7, 11) is 3.29. The van der Waals surface area contributed by atoms with Crippen molar-refractivity contribution < 1.29 is 53.0 Å². The van der Waals surface area contributed by atoms with E-state index in [-0.39, 0.29) is 75.2 Å². The van der Waals surface area contributed by atoms with E-state index in [2.05, 4.69) is 43.8 Å². The molecule has 0 fully saturated rings. The summed E-state index contributed by atoms with van der Waals surface area (Å²) in [6.07, 6.45) is 3.30. The summed E-state index contributed by atoms with van der Waals surface area (Å²) in [5.74, 6) is -4.38. The average molecular weight is 1230 g/mol. The second kappa shape index (κ2) is 34.1. The van der Waals surface area contributed by atoms with Crippen LogP contribution in [-0.2, 0) is 69.8 Å². The van der Waals surface area contributed by atoms with Crippen molar-refractivity contribution >= 4 is 71.0 Å². The summed E-state index contributed by atoms with van der Waals surface area (Å²) >= 11 is 0. The van der Waals surface area contributed by atoms with Crippen molar-refractivity contribution in [2.24, 2.45) is 23.0 Å². The fraction of sp³-hybridized carbons (Fsp3) is 0.456. The first kappa shape index (κ1) is 72.6. The number of carbonyl (C=O) groups excluding carboxylic acids is 8. The first-order valence-electron chi connectivity index (χ1n) is 30.2. The molecule has 0 radical (unpaired) electrons. The Morgan fingerprint density at radius 3 is 1.92 bits per heavy atom. The fourth-order valence-electron chi connectivity index (χ4n) is 10.3. The summed E-state index contributed by atoms with van der Waals surface area (Å²) in [4.78, 5) is 123. The van der Waals surface area contributed by atoms with Gasteiger partial charge in [-0.2, -0.15) is 0 Å². The Morgan fingerprint density at radius 1 is 0.730 bits per heavy atom. The molecule has 0 saturated heterocycles.